The summed E-state index contributed by atoms with van der Waals surface area (Å²) in [5.74, 6) is -0.0634. The van der Waals surface area contributed by atoms with Crippen LogP contribution >= 0.6 is 11.6 Å². The molecule has 0 aliphatic carbocycles. The molecule has 2 aromatic carbocycles. The Labute approximate surface area is 191 Å². The molecule has 2 aromatic rings. The van der Waals surface area contributed by atoms with E-state index in [1.165, 1.54) is 0 Å². The molecule has 1 N–H and O–H groups in total. The number of amides is 2. The van der Waals surface area contributed by atoms with Gasteiger partial charge in [0.15, 0.2) is 0 Å². The summed E-state index contributed by atoms with van der Waals surface area (Å²) in [7, 11) is 3.95. The van der Waals surface area contributed by atoms with Crippen molar-refractivity contribution in [3.8, 4) is 0 Å². The molecule has 0 bridgehead atoms. The van der Waals surface area contributed by atoms with Crippen LogP contribution in [0.5, 0.6) is 0 Å². The van der Waals surface area contributed by atoms with Gasteiger partial charge in [-0.2, -0.15) is 0 Å². The van der Waals surface area contributed by atoms with E-state index in [9.17, 15) is 9.59 Å². The number of carbonyl (C=O) groups is 2. The molecule has 0 radical (unpaired) electrons. The van der Waals surface area contributed by atoms with E-state index in [2.05, 4.69) is 19.2 Å². The third-order valence-electron chi connectivity index (χ3n) is 5.52. The minimum atomic E-state index is -0.261. The fourth-order valence-corrected chi connectivity index (χ4v) is 3.86. The van der Waals surface area contributed by atoms with Gasteiger partial charge in [-0.1, -0.05) is 37.6 Å². The largest absolute Gasteiger partial charge is 0.377 e. The molecular formula is C25H34ClN3O2. The molecule has 0 saturated carbocycles. The highest BCUT2D eigenvalue weighted by Crippen LogP contribution is 2.27. The summed E-state index contributed by atoms with van der Waals surface area (Å²) in [4.78, 5) is 29.8. The van der Waals surface area contributed by atoms with Gasteiger partial charge in [0.05, 0.1) is 10.6 Å². The molecule has 31 heavy (non-hydrogen) atoms. The van der Waals surface area contributed by atoms with Crippen molar-refractivity contribution in [2.45, 2.75) is 53.1 Å². The van der Waals surface area contributed by atoms with Crippen LogP contribution in [0.4, 0.5) is 11.4 Å². The van der Waals surface area contributed by atoms with E-state index in [4.69, 9.17) is 11.6 Å². The highest BCUT2D eigenvalue weighted by atomic mass is 35.5. The SMILES string of the molecule is CCC(CC)C(=O)N(Cc1cc(NC(=O)c2ccccc2Cl)ccc1N(C)C)C(C)C. The summed E-state index contributed by atoms with van der Waals surface area (Å²) >= 11 is 6.17. The maximum atomic E-state index is 13.1. The molecule has 0 fully saturated rings. The van der Waals surface area contributed by atoms with Crippen LogP contribution in [0.25, 0.3) is 0 Å². The lowest BCUT2D eigenvalue weighted by Gasteiger charge is -2.32. The molecule has 0 aliphatic rings. The molecule has 0 heterocycles. The Bertz CT molecular complexity index is 907. The van der Waals surface area contributed by atoms with Crippen LogP contribution in [0.3, 0.4) is 0 Å². The summed E-state index contributed by atoms with van der Waals surface area (Å²) in [5, 5.41) is 3.35. The molecule has 0 saturated heterocycles. The minimum absolute atomic E-state index is 0.0216. The van der Waals surface area contributed by atoms with Gasteiger partial charge in [0.2, 0.25) is 5.91 Å². The first-order chi connectivity index (χ1) is 14.7. The Balaban J connectivity index is 2.35. The van der Waals surface area contributed by atoms with E-state index in [0.717, 1.165) is 24.1 Å². The van der Waals surface area contributed by atoms with Crippen molar-refractivity contribution in [3.05, 3.63) is 58.6 Å². The normalized spacial score (nSPS) is 11.0. The van der Waals surface area contributed by atoms with Crippen molar-refractivity contribution in [1.29, 1.82) is 0 Å². The van der Waals surface area contributed by atoms with Crippen LogP contribution in [0.1, 0.15) is 56.5 Å². The van der Waals surface area contributed by atoms with Gasteiger partial charge in [-0.05, 0) is 62.6 Å². The first kappa shape index (κ1) is 24.7. The fourth-order valence-electron chi connectivity index (χ4n) is 3.64. The Hall–Kier alpha value is -2.53. The number of hydrogen-bond donors (Lipinski definition) is 1. The first-order valence-electron chi connectivity index (χ1n) is 10.9. The molecule has 0 aromatic heterocycles. The van der Waals surface area contributed by atoms with E-state index < -0.39 is 0 Å². The zero-order valence-electron chi connectivity index (χ0n) is 19.4. The predicted octanol–water partition coefficient (Wildman–Crippen LogP) is 5.83. The molecule has 0 unspecified atom stereocenters. The summed E-state index contributed by atoms with van der Waals surface area (Å²) in [5.41, 5.74) is 3.09. The standard InChI is InChI=1S/C25H34ClN3O2/c1-7-18(8-2)25(31)29(17(3)4)16-19-15-20(13-14-23(19)28(5)6)27-24(30)21-11-9-10-12-22(21)26/h9-15,17-18H,7-8,16H2,1-6H3,(H,27,30). The van der Waals surface area contributed by atoms with Gasteiger partial charge in [0, 0.05) is 44.0 Å². The Kier molecular flexibility index (Phi) is 8.93. The fraction of sp³-hybridized carbons (Fsp3) is 0.440. The Morgan fingerprint density at radius 3 is 2.23 bits per heavy atom. The van der Waals surface area contributed by atoms with Crippen molar-refractivity contribution < 1.29 is 9.59 Å². The van der Waals surface area contributed by atoms with Crippen LogP contribution in [-0.4, -0.2) is 36.9 Å². The third-order valence-corrected chi connectivity index (χ3v) is 5.85. The number of benzene rings is 2. The second kappa shape index (κ2) is 11.2. The number of nitrogens with one attached hydrogen (secondary N) is 1. The molecule has 2 amide bonds. The van der Waals surface area contributed by atoms with Crippen molar-refractivity contribution >= 4 is 34.8 Å². The van der Waals surface area contributed by atoms with Crippen molar-refractivity contribution in [1.82, 2.24) is 4.90 Å². The van der Waals surface area contributed by atoms with Gasteiger partial charge in [0.25, 0.3) is 5.91 Å². The Morgan fingerprint density at radius 1 is 1.03 bits per heavy atom. The number of nitrogens with zero attached hydrogens (tertiary/aromatic N) is 2. The topological polar surface area (TPSA) is 52.7 Å². The minimum Gasteiger partial charge on any atom is -0.377 e. The number of hydrogen-bond acceptors (Lipinski definition) is 3. The summed E-state index contributed by atoms with van der Waals surface area (Å²) < 4.78 is 0. The summed E-state index contributed by atoms with van der Waals surface area (Å²) in [6.45, 7) is 8.68. The van der Waals surface area contributed by atoms with Gasteiger partial charge >= 0.3 is 0 Å². The van der Waals surface area contributed by atoms with Crippen LogP contribution in [-0.2, 0) is 11.3 Å². The molecule has 5 nitrogen and oxygen atoms in total. The second-order valence-corrected chi connectivity index (χ2v) is 8.65. The summed E-state index contributed by atoms with van der Waals surface area (Å²) in [6.07, 6.45) is 1.65. The predicted molar refractivity (Wildman–Crippen MR) is 130 cm³/mol. The molecule has 168 valence electrons. The molecule has 2 rings (SSSR count). The van der Waals surface area contributed by atoms with Crippen molar-refractivity contribution in [3.63, 3.8) is 0 Å². The molecule has 0 spiro atoms. The second-order valence-electron chi connectivity index (χ2n) is 8.25. The molecule has 0 aliphatic heterocycles. The van der Waals surface area contributed by atoms with Gasteiger partial charge in [-0.25, -0.2) is 0 Å². The zero-order valence-corrected chi connectivity index (χ0v) is 20.2. The lowest BCUT2D eigenvalue weighted by Crippen LogP contribution is -2.40. The highest BCUT2D eigenvalue weighted by Gasteiger charge is 2.25. The first-order valence-corrected chi connectivity index (χ1v) is 11.2. The average molecular weight is 444 g/mol. The number of carbonyl (C=O) groups excluding carboxylic acids is 2. The smallest absolute Gasteiger partial charge is 0.257 e. The zero-order chi connectivity index (χ0) is 23.1. The maximum Gasteiger partial charge on any atom is 0.257 e. The number of halogens is 1. The van der Waals surface area contributed by atoms with E-state index in [-0.39, 0.29) is 23.8 Å². The van der Waals surface area contributed by atoms with Gasteiger partial charge in [-0.15, -0.1) is 0 Å². The van der Waals surface area contributed by atoms with Gasteiger partial charge in [0.1, 0.15) is 0 Å². The number of anilines is 2. The Morgan fingerprint density at radius 2 is 1.68 bits per heavy atom. The lowest BCUT2D eigenvalue weighted by atomic mass is 10.00. The molecule has 0 atom stereocenters. The highest BCUT2D eigenvalue weighted by molar-refractivity contribution is 6.34. The van der Waals surface area contributed by atoms with Crippen molar-refractivity contribution in [2.75, 3.05) is 24.3 Å². The van der Waals surface area contributed by atoms with Crippen LogP contribution < -0.4 is 10.2 Å². The van der Waals surface area contributed by atoms with Crippen LogP contribution in [0.2, 0.25) is 5.02 Å². The monoisotopic (exact) mass is 443 g/mol. The maximum absolute atomic E-state index is 13.1. The van der Waals surface area contributed by atoms with E-state index in [0.29, 0.717) is 22.8 Å². The number of rotatable bonds is 9. The van der Waals surface area contributed by atoms with Gasteiger partial charge < -0.3 is 15.1 Å². The van der Waals surface area contributed by atoms with Gasteiger partial charge in [-0.3, -0.25) is 9.59 Å². The summed E-state index contributed by atoms with van der Waals surface area (Å²) in [6, 6.07) is 12.8. The molecular weight excluding hydrogens is 410 g/mol. The lowest BCUT2D eigenvalue weighted by molar-refractivity contribution is -0.138. The van der Waals surface area contributed by atoms with E-state index in [1.54, 1.807) is 24.3 Å². The van der Waals surface area contributed by atoms with E-state index in [1.807, 2.05) is 55.9 Å². The average Bonchev–Trinajstić information content (AvgIpc) is 2.72. The van der Waals surface area contributed by atoms with Crippen LogP contribution in [0, 0.1) is 5.92 Å². The third kappa shape index (κ3) is 6.23. The van der Waals surface area contributed by atoms with Crippen molar-refractivity contribution in [2.24, 2.45) is 5.92 Å². The van der Waals surface area contributed by atoms with E-state index >= 15 is 0 Å². The quantitative estimate of drug-likeness (QED) is 0.530. The van der Waals surface area contributed by atoms with Crippen LogP contribution in [0.15, 0.2) is 42.5 Å². The molecule has 6 heteroatoms.